The van der Waals surface area contributed by atoms with E-state index in [1.54, 1.807) is 0 Å². The minimum absolute atomic E-state index is 0.153. The fourth-order valence-electron chi connectivity index (χ4n) is 2.41. The molecule has 2 nitrogen and oxygen atoms in total. The van der Waals surface area contributed by atoms with Crippen LogP contribution in [0.4, 0.5) is 0 Å². The van der Waals surface area contributed by atoms with Gasteiger partial charge < -0.3 is 10.7 Å². The smallest absolute Gasteiger partial charge is 0.0561 e. The molecule has 1 aromatic rings. The maximum atomic E-state index is 6.36. The Kier molecular flexibility index (Phi) is 2.16. The lowest BCUT2D eigenvalue weighted by Crippen LogP contribution is -2.40. The van der Waals surface area contributed by atoms with Gasteiger partial charge in [-0.3, -0.25) is 0 Å². The molecular formula is C11H18N2. The Hall–Kier alpha value is -0.760. The Balaban J connectivity index is 2.19. The van der Waals surface area contributed by atoms with Gasteiger partial charge in [0.15, 0.2) is 0 Å². The molecule has 0 aliphatic heterocycles. The zero-order valence-electron chi connectivity index (χ0n) is 8.22. The summed E-state index contributed by atoms with van der Waals surface area (Å²) in [7, 11) is 0. The summed E-state index contributed by atoms with van der Waals surface area (Å²) in [6.45, 7) is 2.15. The summed E-state index contributed by atoms with van der Waals surface area (Å²) in [5.41, 5.74) is 7.38. The first-order chi connectivity index (χ1) is 6.21. The molecule has 1 unspecified atom stereocenters. The normalized spacial score (nSPS) is 23.2. The Morgan fingerprint density at radius 3 is 2.69 bits per heavy atom. The van der Waals surface area contributed by atoms with Gasteiger partial charge in [0, 0.05) is 11.9 Å². The van der Waals surface area contributed by atoms with E-state index in [-0.39, 0.29) is 5.54 Å². The fourth-order valence-corrected chi connectivity index (χ4v) is 2.41. The lowest BCUT2D eigenvalue weighted by Gasteiger charge is -2.30. The molecule has 0 saturated heterocycles. The minimum Gasteiger partial charge on any atom is -0.363 e. The third-order valence-electron chi connectivity index (χ3n) is 3.38. The van der Waals surface area contributed by atoms with Gasteiger partial charge in [0.05, 0.1) is 5.54 Å². The van der Waals surface area contributed by atoms with Crippen molar-refractivity contribution in [1.82, 2.24) is 4.98 Å². The van der Waals surface area contributed by atoms with Crippen molar-refractivity contribution >= 4 is 0 Å². The number of nitrogens with two attached hydrogens (primary N) is 1. The van der Waals surface area contributed by atoms with Gasteiger partial charge in [-0.25, -0.2) is 0 Å². The highest BCUT2D eigenvalue weighted by Gasteiger charge is 2.34. The van der Waals surface area contributed by atoms with Crippen LogP contribution in [0.2, 0.25) is 0 Å². The zero-order chi connectivity index (χ0) is 9.31. The summed E-state index contributed by atoms with van der Waals surface area (Å²) in [5.74, 6) is 0.658. The van der Waals surface area contributed by atoms with E-state index in [1.807, 2.05) is 12.3 Å². The van der Waals surface area contributed by atoms with Gasteiger partial charge in [-0.1, -0.05) is 12.8 Å². The molecule has 2 heteroatoms. The van der Waals surface area contributed by atoms with E-state index in [2.05, 4.69) is 18.0 Å². The summed E-state index contributed by atoms with van der Waals surface area (Å²) >= 11 is 0. The van der Waals surface area contributed by atoms with E-state index in [0.29, 0.717) is 5.92 Å². The molecule has 1 saturated carbocycles. The van der Waals surface area contributed by atoms with Crippen molar-refractivity contribution in [3.8, 4) is 0 Å². The van der Waals surface area contributed by atoms with E-state index in [0.717, 1.165) is 0 Å². The molecule has 1 aliphatic rings. The van der Waals surface area contributed by atoms with Gasteiger partial charge in [-0.2, -0.15) is 0 Å². The van der Waals surface area contributed by atoms with Gasteiger partial charge in [0.1, 0.15) is 0 Å². The number of hydrogen-bond donors (Lipinski definition) is 2. The SMILES string of the molecule is CC(N)(c1ccc[nH]1)C1CCCC1. The van der Waals surface area contributed by atoms with Crippen molar-refractivity contribution in [2.75, 3.05) is 0 Å². The maximum Gasteiger partial charge on any atom is 0.0561 e. The standard InChI is InChI=1S/C11H18N2/c1-11(12,9-5-2-3-6-9)10-7-4-8-13-10/h4,7-9,13H,2-3,5-6,12H2,1H3. The van der Waals surface area contributed by atoms with Gasteiger partial charge in [-0.05, 0) is 37.8 Å². The Labute approximate surface area is 79.5 Å². The van der Waals surface area contributed by atoms with Crippen LogP contribution < -0.4 is 5.73 Å². The molecule has 72 valence electrons. The maximum absolute atomic E-state index is 6.36. The van der Waals surface area contributed by atoms with Crippen molar-refractivity contribution in [2.45, 2.75) is 38.1 Å². The Morgan fingerprint density at radius 2 is 2.15 bits per heavy atom. The number of aromatic nitrogens is 1. The van der Waals surface area contributed by atoms with Gasteiger partial charge in [0.25, 0.3) is 0 Å². The van der Waals surface area contributed by atoms with E-state index < -0.39 is 0 Å². The summed E-state index contributed by atoms with van der Waals surface area (Å²) in [6, 6.07) is 4.12. The molecule has 1 aliphatic carbocycles. The van der Waals surface area contributed by atoms with Crippen molar-refractivity contribution in [3.63, 3.8) is 0 Å². The molecule has 0 aromatic carbocycles. The second-order valence-electron chi connectivity index (χ2n) is 4.35. The Morgan fingerprint density at radius 1 is 1.46 bits per heavy atom. The molecule has 3 N–H and O–H groups in total. The second kappa shape index (κ2) is 3.18. The first-order valence-electron chi connectivity index (χ1n) is 5.14. The van der Waals surface area contributed by atoms with Crippen LogP contribution in [0.3, 0.4) is 0 Å². The lowest BCUT2D eigenvalue weighted by atomic mass is 9.83. The van der Waals surface area contributed by atoms with Crippen LogP contribution in [0.5, 0.6) is 0 Å². The number of hydrogen-bond acceptors (Lipinski definition) is 1. The Bertz CT molecular complexity index is 256. The first kappa shape index (κ1) is 8.82. The largest absolute Gasteiger partial charge is 0.363 e. The molecular weight excluding hydrogens is 160 g/mol. The summed E-state index contributed by atoms with van der Waals surface area (Å²) in [5, 5.41) is 0. The summed E-state index contributed by atoms with van der Waals surface area (Å²) in [4.78, 5) is 3.23. The number of H-pyrrole nitrogens is 1. The number of aromatic amines is 1. The summed E-state index contributed by atoms with van der Waals surface area (Å²) in [6.07, 6.45) is 7.21. The van der Waals surface area contributed by atoms with E-state index in [9.17, 15) is 0 Å². The van der Waals surface area contributed by atoms with Gasteiger partial charge >= 0.3 is 0 Å². The molecule has 1 fully saturated rings. The van der Waals surface area contributed by atoms with Crippen LogP contribution in [-0.4, -0.2) is 4.98 Å². The van der Waals surface area contributed by atoms with Gasteiger partial charge in [0.2, 0.25) is 0 Å². The average Bonchev–Trinajstić information content (AvgIpc) is 2.78. The van der Waals surface area contributed by atoms with E-state index >= 15 is 0 Å². The van der Waals surface area contributed by atoms with Crippen LogP contribution in [0.25, 0.3) is 0 Å². The topological polar surface area (TPSA) is 41.8 Å². The van der Waals surface area contributed by atoms with Crippen LogP contribution >= 0.6 is 0 Å². The number of rotatable bonds is 2. The molecule has 1 atom stereocenters. The highest BCUT2D eigenvalue weighted by Crippen LogP contribution is 2.37. The van der Waals surface area contributed by atoms with Crippen molar-refractivity contribution < 1.29 is 0 Å². The molecule has 1 aromatic heterocycles. The quantitative estimate of drug-likeness (QED) is 0.717. The molecule has 0 spiro atoms. The molecule has 1 heterocycles. The molecule has 2 rings (SSSR count). The predicted octanol–water partition coefficient (Wildman–Crippen LogP) is 2.38. The number of nitrogens with one attached hydrogen (secondary N) is 1. The average molecular weight is 178 g/mol. The highest BCUT2D eigenvalue weighted by molar-refractivity contribution is 5.16. The first-order valence-corrected chi connectivity index (χ1v) is 5.14. The third kappa shape index (κ3) is 1.51. The highest BCUT2D eigenvalue weighted by atomic mass is 14.8. The van der Waals surface area contributed by atoms with Crippen LogP contribution in [-0.2, 0) is 5.54 Å². The third-order valence-corrected chi connectivity index (χ3v) is 3.38. The summed E-state index contributed by atoms with van der Waals surface area (Å²) < 4.78 is 0. The van der Waals surface area contributed by atoms with Crippen LogP contribution in [0.1, 0.15) is 38.3 Å². The van der Waals surface area contributed by atoms with Crippen molar-refractivity contribution in [3.05, 3.63) is 24.0 Å². The molecule has 0 radical (unpaired) electrons. The van der Waals surface area contributed by atoms with E-state index in [4.69, 9.17) is 5.73 Å². The van der Waals surface area contributed by atoms with Gasteiger partial charge in [-0.15, -0.1) is 0 Å². The second-order valence-corrected chi connectivity index (χ2v) is 4.35. The zero-order valence-corrected chi connectivity index (χ0v) is 8.22. The van der Waals surface area contributed by atoms with Crippen LogP contribution in [0, 0.1) is 5.92 Å². The lowest BCUT2D eigenvalue weighted by molar-refractivity contribution is 0.300. The molecule has 13 heavy (non-hydrogen) atoms. The fraction of sp³-hybridized carbons (Fsp3) is 0.636. The predicted molar refractivity (Wildman–Crippen MR) is 54.3 cm³/mol. The van der Waals surface area contributed by atoms with E-state index in [1.165, 1.54) is 31.4 Å². The van der Waals surface area contributed by atoms with Crippen molar-refractivity contribution in [2.24, 2.45) is 11.7 Å². The monoisotopic (exact) mass is 178 g/mol. The van der Waals surface area contributed by atoms with Crippen LogP contribution in [0.15, 0.2) is 18.3 Å². The molecule has 0 amide bonds. The minimum atomic E-state index is -0.153. The molecule has 0 bridgehead atoms. The van der Waals surface area contributed by atoms with Crippen molar-refractivity contribution in [1.29, 1.82) is 0 Å².